The Kier molecular flexibility index (Phi) is 4.81. The van der Waals surface area contributed by atoms with E-state index in [9.17, 15) is 23.8 Å². The summed E-state index contributed by atoms with van der Waals surface area (Å²) in [5.74, 6) is -2.63. The number of aromatic nitrogens is 2. The molecule has 29 heavy (non-hydrogen) atoms. The summed E-state index contributed by atoms with van der Waals surface area (Å²) in [6.45, 7) is -0.616. The first-order chi connectivity index (χ1) is 13.9. The van der Waals surface area contributed by atoms with Crippen LogP contribution in [0.25, 0.3) is 11.6 Å². The van der Waals surface area contributed by atoms with E-state index in [1.54, 1.807) is 24.4 Å². The Hall–Kier alpha value is -3.23. The Morgan fingerprint density at radius 1 is 1.21 bits per heavy atom. The fraction of sp³-hybridized carbons (Fsp3) is 0.100. The van der Waals surface area contributed by atoms with Gasteiger partial charge < -0.3 is 15.2 Å². The number of fused-ring (bicyclic) bond motifs is 1. The number of aliphatic hydroxyl groups excluding tert-OH is 1. The molecule has 0 unspecified atom stereocenters. The first kappa shape index (κ1) is 19.1. The van der Waals surface area contributed by atoms with Gasteiger partial charge in [-0.05, 0) is 35.9 Å². The highest BCUT2D eigenvalue weighted by atomic mass is 35.5. The van der Waals surface area contributed by atoms with E-state index in [1.807, 2.05) is 0 Å². The average Bonchev–Trinajstić information content (AvgIpc) is 3.20. The Morgan fingerprint density at radius 3 is 2.72 bits per heavy atom. The Balaban J connectivity index is 1.77. The zero-order valence-electron chi connectivity index (χ0n) is 14.7. The molecule has 148 valence electrons. The molecule has 3 N–H and O–H groups in total. The van der Waals surface area contributed by atoms with Gasteiger partial charge >= 0.3 is 5.69 Å². The lowest BCUT2D eigenvalue weighted by Crippen LogP contribution is -2.25. The van der Waals surface area contributed by atoms with E-state index >= 15 is 0 Å². The van der Waals surface area contributed by atoms with Crippen LogP contribution in [0.3, 0.4) is 0 Å². The minimum Gasteiger partial charge on any atom is -0.493 e. The number of nitrogens with one attached hydrogen (secondary N) is 1. The quantitative estimate of drug-likeness (QED) is 0.605. The van der Waals surface area contributed by atoms with Gasteiger partial charge in [-0.15, -0.1) is 0 Å². The van der Waals surface area contributed by atoms with Crippen molar-refractivity contribution < 1.29 is 19.0 Å². The molecule has 0 spiro atoms. The summed E-state index contributed by atoms with van der Waals surface area (Å²) in [6, 6.07) is 7.04. The number of hydrogen-bond acceptors (Lipinski definition) is 4. The molecule has 6 nitrogen and oxygen atoms in total. The number of benzene rings is 2. The van der Waals surface area contributed by atoms with Crippen LogP contribution in [0, 0.1) is 11.6 Å². The number of hydrogen-bond donors (Lipinski definition) is 3. The van der Waals surface area contributed by atoms with Crippen LogP contribution >= 0.6 is 11.6 Å². The van der Waals surface area contributed by atoms with Crippen molar-refractivity contribution >= 4 is 35.2 Å². The molecule has 2 aromatic carbocycles. The van der Waals surface area contributed by atoms with Gasteiger partial charge in [0.2, 0.25) is 5.88 Å². The second-order valence-electron chi connectivity index (χ2n) is 6.43. The Morgan fingerprint density at radius 2 is 2.00 bits per heavy atom. The summed E-state index contributed by atoms with van der Waals surface area (Å²) in [5, 5.41) is 20.9. The second kappa shape index (κ2) is 7.31. The highest BCUT2D eigenvalue weighted by Gasteiger charge is 2.23. The number of aromatic hydroxyl groups is 1. The molecule has 3 aromatic rings. The first-order valence-electron chi connectivity index (χ1n) is 8.54. The Labute approximate surface area is 168 Å². The van der Waals surface area contributed by atoms with Crippen LogP contribution in [0.4, 0.5) is 14.5 Å². The number of aliphatic hydroxyl groups is 1. The number of nitrogens with zero attached hydrogens (tertiary/aromatic N) is 2. The second-order valence-corrected chi connectivity index (χ2v) is 6.87. The fourth-order valence-corrected chi connectivity index (χ4v) is 3.40. The number of imidazole rings is 1. The van der Waals surface area contributed by atoms with Gasteiger partial charge in [-0.2, -0.15) is 0 Å². The van der Waals surface area contributed by atoms with Crippen LogP contribution in [0.1, 0.15) is 22.9 Å². The standard InChI is InChI=1S/C20H14ClF2N3O3/c21-12-2-3-13-11(8-24-16(13)7-12)6-17-19(28)26(20(29)25-17)18(9-27)10-1-4-14(22)15(23)5-10/h1-8,18,27-28H,9H2,(H,25,29)/b11-6+/t18-/m1/s1. The van der Waals surface area contributed by atoms with Gasteiger partial charge in [-0.25, -0.2) is 13.6 Å². The maximum absolute atomic E-state index is 13.6. The summed E-state index contributed by atoms with van der Waals surface area (Å²) in [7, 11) is 0. The van der Waals surface area contributed by atoms with Crippen molar-refractivity contribution in [3.8, 4) is 5.88 Å². The number of rotatable bonds is 4. The van der Waals surface area contributed by atoms with Gasteiger partial charge in [-0.3, -0.25) is 9.56 Å². The lowest BCUT2D eigenvalue weighted by Gasteiger charge is -2.16. The lowest BCUT2D eigenvalue weighted by molar-refractivity contribution is 0.236. The molecule has 1 aliphatic rings. The van der Waals surface area contributed by atoms with Gasteiger partial charge in [0.05, 0.1) is 18.3 Å². The summed E-state index contributed by atoms with van der Waals surface area (Å²) >= 11 is 5.95. The van der Waals surface area contributed by atoms with E-state index in [1.165, 1.54) is 12.1 Å². The van der Waals surface area contributed by atoms with E-state index in [0.29, 0.717) is 16.3 Å². The molecule has 0 amide bonds. The molecule has 0 fully saturated rings. The minimum absolute atomic E-state index is 0.0836. The van der Waals surface area contributed by atoms with Crippen molar-refractivity contribution in [2.45, 2.75) is 6.04 Å². The van der Waals surface area contributed by atoms with Gasteiger partial charge in [0.15, 0.2) is 11.6 Å². The normalized spacial score (nSPS) is 15.1. The van der Waals surface area contributed by atoms with Crippen LogP contribution in [0.5, 0.6) is 5.88 Å². The number of halogens is 3. The van der Waals surface area contributed by atoms with Gasteiger partial charge in [0.25, 0.3) is 0 Å². The van der Waals surface area contributed by atoms with Gasteiger partial charge in [0, 0.05) is 22.4 Å². The van der Waals surface area contributed by atoms with Crippen LogP contribution in [-0.4, -0.2) is 32.6 Å². The molecule has 0 radical (unpaired) electrons. The highest BCUT2D eigenvalue weighted by molar-refractivity contribution is 6.31. The van der Waals surface area contributed by atoms with Crippen molar-refractivity contribution in [2.75, 3.05) is 6.61 Å². The third kappa shape index (κ3) is 3.37. The summed E-state index contributed by atoms with van der Waals surface area (Å²) in [6.07, 6.45) is 3.09. The molecule has 0 saturated carbocycles. The van der Waals surface area contributed by atoms with Crippen molar-refractivity contribution in [2.24, 2.45) is 4.99 Å². The monoisotopic (exact) mass is 417 g/mol. The van der Waals surface area contributed by atoms with Crippen LogP contribution in [-0.2, 0) is 0 Å². The largest absolute Gasteiger partial charge is 0.493 e. The zero-order valence-corrected chi connectivity index (χ0v) is 15.5. The van der Waals surface area contributed by atoms with Crippen LogP contribution in [0.2, 0.25) is 5.02 Å². The smallest absolute Gasteiger partial charge is 0.329 e. The third-order valence-corrected chi connectivity index (χ3v) is 4.89. The van der Waals surface area contributed by atoms with Gasteiger partial charge in [-0.1, -0.05) is 23.7 Å². The van der Waals surface area contributed by atoms with Gasteiger partial charge in [0.1, 0.15) is 5.69 Å². The molecule has 1 aliphatic heterocycles. The molecule has 2 heterocycles. The number of aromatic amines is 1. The molecule has 4 rings (SSSR count). The lowest BCUT2D eigenvalue weighted by atomic mass is 10.1. The highest BCUT2D eigenvalue weighted by Crippen LogP contribution is 2.35. The molecular formula is C20H14ClF2N3O3. The topological polar surface area (TPSA) is 90.6 Å². The van der Waals surface area contributed by atoms with E-state index < -0.39 is 35.9 Å². The number of aliphatic imine (C=N–C) groups is 1. The Bertz CT molecular complexity index is 1230. The van der Waals surface area contributed by atoms with E-state index in [4.69, 9.17) is 11.6 Å². The SMILES string of the molecule is O=c1[nH]c(/C=C2\C=Nc3cc(Cl)ccc32)c(O)n1[C@H](CO)c1ccc(F)c(F)c1. The molecule has 1 aromatic heterocycles. The predicted octanol–water partition coefficient (Wildman–Crippen LogP) is 3.65. The molecule has 1 atom stereocenters. The van der Waals surface area contributed by atoms with Crippen LogP contribution in [0.15, 0.2) is 46.2 Å². The minimum atomic E-state index is -1.12. The summed E-state index contributed by atoms with van der Waals surface area (Å²) in [4.78, 5) is 19.2. The fourth-order valence-electron chi connectivity index (χ4n) is 3.24. The van der Waals surface area contributed by atoms with E-state index in [-0.39, 0.29) is 11.3 Å². The van der Waals surface area contributed by atoms with E-state index in [2.05, 4.69) is 9.98 Å². The number of allylic oxidation sites excluding steroid dienone is 1. The number of H-pyrrole nitrogens is 1. The summed E-state index contributed by atoms with van der Waals surface area (Å²) in [5.41, 5.74) is 1.55. The maximum Gasteiger partial charge on any atom is 0.329 e. The van der Waals surface area contributed by atoms with Crippen LogP contribution < -0.4 is 5.69 Å². The maximum atomic E-state index is 13.6. The predicted molar refractivity (Wildman–Crippen MR) is 106 cm³/mol. The van der Waals surface area contributed by atoms with Crippen molar-refractivity contribution in [3.05, 3.63) is 80.4 Å². The molecule has 0 aliphatic carbocycles. The zero-order chi connectivity index (χ0) is 20.7. The molecule has 0 bridgehead atoms. The van der Waals surface area contributed by atoms with E-state index in [0.717, 1.165) is 22.3 Å². The molecule has 9 heteroatoms. The third-order valence-electron chi connectivity index (χ3n) is 4.66. The molecule has 0 saturated heterocycles. The first-order valence-corrected chi connectivity index (χ1v) is 8.92. The van der Waals surface area contributed by atoms with Crippen molar-refractivity contribution in [3.63, 3.8) is 0 Å². The summed E-state index contributed by atoms with van der Waals surface area (Å²) < 4.78 is 27.7. The van der Waals surface area contributed by atoms with Crippen molar-refractivity contribution in [1.29, 1.82) is 0 Å². The molecular weight excluding hydrogens is 404 g/mol. The average molecular weight is 418 g/mol. The van der Waals surface area contributed by atoms with Crippen molar-refractivity contribution in [1.82, 2.24) is 9.55 Å².